The molecule has 1 heterocycles. The maximum atomic E-state index is 12.9. The van der Waals surface area contributed by atoms with Gasteiger partial charge >= 0.3 is 5.63 Å². The second kappa shape index (κ2) is 13.1. The summed E-state index contributed by atoms with van der Waals surface area (Å²) in [4.78, 5) is 12.9. The van der Waals surface area contributed by atoms with Crippen molar-refractivity contribution in [2.24, 2.45) is 0 Å². The van der Waals surface area contributed by atoms with Crippen LogP contribution in [0.25, 0.3) is 11.0 Å². The van der Waals surface area contributed by atoms with E-state index in [0.717, 1.165) is 19.3 Å². The predicted octanol–water partition coefficient (Wildman–Crippen LogP) is 7.78. The molecule has 0 saturated carbocycles. The molecule has 0 saturated heterocycles. The van der Waals surface area contributed by atoms with Gasteiger partial charge in [0, 0.05) is 0 Å². The lowest BCUT2D eigenvalue weighted by molar-refractivity contribution is 0.131. The number of hydrogen-bond acceptors (Lipinski definition) is 5. The molecule has 0 atom stereocenters. The molecule has 2 aromatic rings. The summed E-state index contributed by atoms with van der Waals surface area (Å²) in [5, 5.41) is 0.649. The van der Waals surface area contributed by atoms with Crippen LogP contribution >= 0.6 is 0 Å². The van der Waals surface area contributed by atoms with Crippen LogP contribution in [0, 0.1) is 0 Å². The molecule has 5 heteroatoms. The highest BCUT2D eigenvalue weighted by Gasteiger charge is 2.22. The number of benzene rings is 1. The molecule has 0 unspecified atom stereocenters. The Morgan fingerprint density at radius 3 is 2.44 bits per heavy atom. The zero-order chi connectivity index (χ0) is 25.1. The van der Waals surface area contributed by atoms with E-state index in [4.69, 9.17) is 18.6 Å². The molecule has 2 rings (SSSR count). The second-order valence-electron chi connectivity index (χ2n) is 9.59. The summed E-state index contributed by atoms with van der Waals surface area (Å²) in [7, 11) is 0. The van der Waals surface area contributed by atoms with Crippen molar-refractivity contribution in [3.05, 3.63) is 64.1 Å². The van der Waals surface area contributed by atoms with Crippen molar-refractivity contribution < 1.29 is 18.6 Å². The summed E-state index contributed by atoms with van der Waals surface area (Å²) >= 11 is 0. The molecule has 1 aromatic heterocycles. The largest absolute Gasteiger partial charge is 0.485 e. The smallest absolute Gasteiger partial charge is 0.383 e. The summed E-state index contributed by atoms with van der Waals surface area (Å²) in [5.41, 5.74) is 1.89. The first kappa shape index (κ1) is 27.3. The van der Waals surface area contributed by atoms with Crippen LogP contribution < -0.4 is 19.8 Å². The van der Waals surface area contributed by atoms with Crippen molar-refractivity contribution in [1.82, 2.24) is 0 Å². The summed E-state index contributed by atoms with van der Waals surface area (Å²) in [6, 6.07) is 5.52. The summed E-state index contributed by atoms with van der Waals surface area (Å²) in [6.07, 6.45) is 12.0. The first-order chi connectivity index (χ1) is 16.1. The standard InChI is InChI=1S/C29H40O5/c1-8-9-10-11-19-31-27-26(32-20-18-22(4)15-12-14-21(2)3)23-16-13-17-24(34-29(5,6)7)25(23)33-28(27)30/h9-10,13-14,16-18H,8,11-12,15,19-20H2,1-7H3/b10-9?,22-18+. The molecule has 0 amide bonds. The number of para-hydroxylation sites is 1. The lowest BCUT2D eigenvalue weighted by Gasteiger charge is -2.22. The molecule has 0 radical (unpaired) electrons. The fourth-order valence-corrected chi connectivity index (χ4v) is 3.30. The average molecular weight is 469 g/mol. The Balaban J connectivity index is 2.38. The van der Waals surface area contributed by atoms with Crippen LogP contribution in [0.5, 0.6) is 17.2 Å². The predicted molar refractivity (Wildman–Crippen MR) is 140 cm³/mol. The van der Waals surface area contributed by atoms with E-state index in [1.807, 2.05) is 45.1 Å². The molecular weight excluding hydrogens is 428 g/mol. The van der Waals surface area contributed by atoms with Gasteiger partial charge in [-0.1, -0.05) is 42.4 Å². The maximum Gasteiger partial charge on any atom is 0.383 e. The van der Waals surface area contributed by atoms with Crippen LogP contribution in [-0.2, 0) is 0 Å². The van der Waals surface area contributed by atoms with Crippen LogP contribution in [0.1, 0.15) is 74.1 Å². The van der Waals surface area contributed by atoms with Gasteiger partial charge < -0.3 is 18.6 Å². The van der Waals surface area contributed by atoms with Gasteiger partial charge in [0.15, 0.2) is 17.1 Å². The Kier molecular flexibility index (Phi) is 10.5. The van der Waals surface area contributed by atoms with Crippen molar-refractivity contribution in [2.75, 3.05) is 13.2 Å². The number of allylic oxidation sites excluding steroid dienone is 4. The molecule has 34 heavy (non-hydrogen) atoms. The molecule has 0 bridgehead atoms. The summed E-state index contributed by atoms with van der Waals surface area (Å²) in [5.74, 6) is 0.983. The third-order valence-corrected chi connectivity index (χ3v) is 4.91. The maximum absolute atomic E-state index is 12.9. The minimum absolute atomic E-state index is 0.0981. The van der Waals surface area contributed by atoms with Gasteiger partial charge in [-0.3, -0.25) is 0 Å². The highest BCUT2D eigenvalue weighted by atomic mass is 16.5. The van der Waals surface area contributed by atoms with E-state index in [2.05, 4.69) is 39.8 Å². The molecule has 0 aliphatic rings. The zero-order valence-corrected chi connectivity index (χ0v) is 21.8. The van der Waals surface area contributed by atoms with Crippen molar-refractivity contribution >= 4 is 11.0 Å². The fourth-order valence-electron chi connectivity index (χ4n) is 3.30. The SMILES string of the molecule is CCC=CCCOc1c(OC/C=C(\C)CCC=C(C)C)c2cccc(OC(C)(C)C)c2oc1=O. The molecule has 0 aliphatic carbocycles. The van der Waals surface area contributed by atoms with Crippen LogP contribution in [0.4, 0.5) is 0 Å². The second-order valence-corrected chi connectivity index (χ2v) is 9.59. The fraction of sp³-hybridized carbons (Fsp3) is 0.483. The van der Waals surface area contributed by atoms with Crippen LogP contribution in [-0.4, -0.2) is 18.8 Å². The zero-order valence-electron chi connectivity index (χ0n) is 21.8. The molecule has 0 fully saturated rings. The minimum atomic E-state index is -0.573. The molecule has 5 nitrogen and oxygen atoms in total. The molecule has 186 valence electrons. The number of fused-ring (bicyclic) bond motifs is 1. The Hall–Kier alpha value is -2.95. The van der Waals surface area contributed by atoms with Crippen LogP contribution in [0.15, 0.2) is 62.9 Å². The molecule has 0 aliphatic heterocycles. The minimum Gasteiger partial charge on any atom is -0.485 e. The van der Waals surface area contributed by atoms with E-state index < -0.39 is 11.2 Å². The Morgan fingerprint density at radius 2 is 1.76 bits per heavy atom. The molecule has 0 spiro atoms. The lowest BCUT2D eigenvalue weighted by Crippen LogP contribution is -2.23. The van der Waals surface area contributed by atoms with Crippen molar-refractivity contribution in [3.8, 4) is 17.2 Å². The van der Waals surface area contributed by atoms with Crippen molar-refractivity contribution in [2.45, 2.75) is 79.8 Å². The first-order valence-electron chi connectivity index (χ1n) is 12.1. The van der Waals surface area contributed by atoms with Crippen molar-refractivity contribution in [3.63, 3.8) is 0 Å². The summed E-state index contributed by atoms with van der Waals surface area (Å²) < 4.78 is 23.7. The van der Waals surface area contributed by atoms with Gasteiger partial charge in [-0.25, -0.2) is 4.79 Å². The third kappa shape index (κ3) is 8.77. The van der Waals surface area contributed by atoms with Crippen LogP contribution in [0.2, 0.25) is 0 Å². The van der Waals surface area contributed by atoms with E-state index in [1.54, 1.807) is 6.07 Å². The van der Waals surface area contributed by atoms with E-state index in [0.29, 0.717) is 42.1 Å². The number of hydrogen-bond donors (Lipinski definition) is 0. The molecular formula is C29H40O5. The Labute approximate surface area is 204 Å². The topological polar surface area (TPSA) is 57.9 Å². The Bertz CT molecular complexity index is 1080. The lowest BCUT2D eigenvalue weighted by atomic mass is 10.1. The molecule has 1 aromatic carbocycles. The molecule has 0 N–H and O–H groups in total. The Morgan fingerprint density at radius 1 is 1.00 bits per heavy atom. The quantitative estimate of drug-likeness (QED) is 0.181. The number of rotatable bonds is 12. The van der Waals surface area contributed by atoms with E-state index in [-0.39, 0.29) is 5.75 Å². The van der Waals surface area contributed by atoms with Crippen molar-refractivity contribution in [1.29, 1.82) is 0 Å². The highest BCUT2D eigenvalue weighted by molar-refractivity contribution is 5.90. The third-order valence-electron chi connectivity index (χ3n) is 4.91. The normalized spacial score (nSPS) is 12.3. The first-order valence-corrected chi connectivity index (χ1v) is 12.1. The monoisotopic (exact) mass is 468 g/mol. The number of ether oxygens (including phenoxy) is 3. The van der Waals surface area contributed by atoms with Gasteiger partial charge in [0.1, 0.15) is 12.2 Å². The van der Waals surface area contributed by atoms with Gasteiger partial charge in [0.2, 0.25) is 5.75 Å². The van der Waals surface area contributed by atoms with E-state index >= 15 is 0 Å². The van der Waals surface area contributed by atoms with E-state index in [1.165, 1.54) is 11.1 Å². The van der Waals surface area contributed by atoms with Gasteiger partial charge in [0.25, 0.3) is 0 Å². The van der Waals surface area contributed by atoms with E-state index in [9.17, 15) is 4.79 Å². The highest BCUT2D eigenvalue weighted by Crippen LogP contribution is 2.38. The van der Waals surface area contributed by atoms with Gasteiger partial charge in [-0.2, -0.15) is 0 Å². The van der Waals surface area contributed by atoms with Gasteiger partial charge in [-0.15, -0.1) is 0 Å². The van der Waals surface area contributed by atoms with Gasteiger partial charge in [-0.05, 0) is 85.4 Å². The van der Waals surface area contributed by atoms with Gasteiger partial charge in [0.05, 0.1) is 12.0 Å². The van der Waals surface area contributed by atoms with Crippen LogP contribution in [0.3, 0.4) is 0 Å². The summed E-state index contributed by atoms with van der Waals surface area (Å²) in [6.45, 7) is 14.9. The average Bonchev–Trinajstić information content (AvgIpc) is 2.74.